The number of hydrogen-bond acceptors (Lipinski definition) is 2. The third kappa shape index (κ3) is 2.18. The van der Waals surface area contributed by atoms with Gasteiger partial charge in [-0.25, -0.2) is 0 Å². The monoisotopic (exact) mass is 168 g/mol. The molecule has 2 rings (SSSR count). The fraction of sp³-hybridized carbons (Fsp3) is 0.900. The lowest BCUT2D eigenvalue weighted by Crippen LogP contribution is -2.04. The number of hydrogen-bond donors (Lipinski definition) is 0. The fourth-order valence-electron chi connectivity index (χ4n) is 2.31. The first-order valence-corrected chi connectivity index (χ1v) is 4.68. The van der Waals surface area contributed by atoms with Crippen LogP contribution in [-0.4, -0.2) is 6.15 Å². The van der Waals surface area contributed by atoms with Crippen LogP contribution in [0.2, 0.25) is 0 Å². The van der Waals surface area contributed by atoms with Gasteiger partial charge in [0.15, 0.2) is 0 Å². The summed E-state index contributed by atoms with van der Waals surface area (Å²) in [5, 5.41) is 0. The highest BCUT2D eigenvalue weighted by Gasteiger charge is 2.46. The van der Waals surface area contributed by atoms with Crippen LogP contribution in [0.15, 0.2) is 0 Å². The summed E-state index contributed by atoms with van der Waals surface area (Å²) in [7, 11) is 0. The summed E-state index contributed by atoms with van der Waals surface area (Å²) in [5.41, 5.74) is 0. The summed E-state index contributed by atoms with van der Waals surface area (Å²) in [5.74, 6) is 4.40. The average Bonchev–Trinajstić information content (AvgIpc) is 2.60. The van der Waals surface area contributed by atoms with E-state index in [2.05, 4.69) is 13.8 Å². The lowest BCUT2D eigenvalue weighted by molar-refractivity contribution is -0.191. The molecule has 2 fully saturated rings. The summed E-state index contributed by atoms with van der Waals surface area (Å²) in [6.45, 7) is 4.74. The van der Waals surface area contributed by atoms with E-state index in [0.717, 1.165) is 11.8 Å². The molecule has 2 saturated carbocycles. The largest absolute Gasteiger partial charge is 0.373 e. The summed E-state index contributed by atoms with van der Waals surface area (Å²) in [4.78, 5) is 16.2. The Hall–Kier alpha value is -0.620. The molecule has 0 spiro atoms. The zero-order chi connectivity index (χ0) is 9.14. The second kappa shape index (κ2) is 3.86. The molecule has 0 aromatic rings. The van der Waals surface area contributed by atoms with Crippen LogP contribution in [0.25, 0.3) is 0 Å². The van der Waals surface area contributed by atoms with Crippen molar-refractivity contribution in [2.45, 2.75) is 33.1 Å². The number of carbonyl (C=O) groups excluding carboxylic acids is 2. The Balaban J connectivity index is 0.000000213. The van der Waals surface area contributed by atoms with E-state index in [-0.39, 0.29) is 6.15 Å². The zero-order valence-electron chi connectivity index (χ0n) is 7.75. The van der Waals surface area contributed by atoms with Gasteiger partial charge in [0.05, 0.1) is 0 Å². The van der Waals surface area contributed by atoms with Gasteiger partial charge in [-0.15, -0.1) is 0 Å². The van der Waals surface area contributed by atoms with Crippen LogP contribution < -0.4 is 0 Å². The van der Waals surface area contributed by atoms with E-state index in [0.29, 0.717) is 0 Å². The third-order valence-electron chi connectivity index (χ3n) is 3.22. The Labute approximate surface area is 73.3 Å². The Morgan fingerprint density at radius 3 is 1.75 bits per heavy atom. The van der Waals surface area contributed by atoms with E-state index in [1.807, 2.05) is 0 Å². The predicted octanol–water partition coefficient (Wildman–Crippen LogP) is 2.10. The highest BCUT2D eigenvalue weighted by atomic mass is 16.2. The molecule has 0 saturated heterocycles. The van der Waals surface area contributed by atoms with Crippen LogP contribution >= 0.6 is 0 Å². The van der Waals surface area contributed by atoms with Crippen LogP contribution in [0.4, 0.5) is 0 Å². The summed E-state index contributed by atoms with van der Waals surface area (Å²) >= 11 is 0. The van der Waals surface area contributed by atoms with E-state index in [1.165, 1.54) is 11.8 Å². The highest BCUT2D eigenvalue weighted by Crippen LogP contribution is 2.55. The van der Waals surface area contributed by atoms with Crippen LogP contribution in [0.3, 0.4) is 0 Å². The molecule has 2 aliphatic rings. The van der Waals surface area contributed by atoms with Crippen molar-refractivity contribution in [3.63, 3.8) is 0 Å². The Morgan fingerprint density at radius 1 is 1.08 bits per heavy atom. The minimum absolute atomic E-state index is 0.250. The molecule has 0 radical (unpaired) electrons. The van der Waals surface area contributed by atoms with E-state index < -0.39 is 0 Å². The first-order chi connectivity index (χ1) is 5.69. The van der Waals surface area contributed by atoms with Crippen LogP contribution in [0.5, 0.6) is 0 Å². The normalized spacial score (nSPS) is 36.4. The van der Waals surface area contributed by atoms with E-state index in [4.69, 9.17) is 9.59 Å². The maximum atomic E-state index is 8.12. The van der Waals surface area contributed by atoms with Gasteiger partial charge in [-0.1, -0.05) is 13.8 Å². The molecular formula is C10H16O2. The molecule has 0 amide bonds. The Morgan fingerprint density at radius 2 is 1.50 bits per heavy atom. The van der Waals surface area contributed by atoms with Crippen molar-refractivity contribution < 1.29 is 9.59 Å². The first kappa shape index (κ1) is 9.47. The standard InChI is InChI=1S/C9H16.CO2/c1-6(2)7-3-8-5-9(8)4-7;2-1-3/h6-9H,3-5H2,1-2H3;. The van der Waals surface area contributed by atoms with Crippen molar-refractivity contribution >= 4 is 6.15 Å². The molecule has 0 N–H and O–H groups in total. The topological polar surface area (TPSA) is 34.1 Å². The molecule has 12 heavy (non-hydrogen) atoms. The van der Waals surface area contributed by atoms with Gasteiger partial charge in [0.25, 0.3) is 0 Å². The van der Waals surface area contributed by atoms with Crippen LogP contribution in [0.1, 0.15) is 33.1 Å². The zero-order valence-corrected chi connectivity index (χ0v) is 7.75. The SMILES string of the molecule is CC(C)C1CC2CC2C1.O=C=O. The van der Waals surface area contributed by atoms with Crippen molar-refractivity contribution in [1.29, 1.82) is 0 Å². The van der Waals surface area contributed by atoms with Crippen molar-refractivity contribution in [2.75, 3.05) is 0 Å². The van der Waals surface area contributed by atoms with Crippen LogP contribution in [0, 0.1) is 23.7 Å². The molecule has 2 aliphatic carbocycles. The summed E-state index contributed by atoms with van der Waals surface area (Å²) in [6.07, 6.45) is 4.94. The number of fused-ring (bicyclic) bond motifs is 1. The molecule has 0 aromatic carbocycles. The van der Waals surface area contributed by atoms with Crippen molar-refractivity contribution in [1.82, 2.24) is 0 Å². The van der Waals surface area contributed by atoms with E-state index in [9.17, 15) is 0 Å². The van der Waals surface area contributed by atoms with Crippen molar-refractivity contribution in [3.05, 3.63) is 0 Å². The second-order valence-electron chi connectivity index (χ2n) is 4.31. The minimum atomic E-state index is 0.250. The van der Waals surface area contributed by atoms with Gasteiger partial charge in [0.1, 0.15) is 0 Å². The van der Waals surface area contributed by atoms with E-state index in [1.54, 1.807) is 19.3 Å². The Kier molecular flexibility index (Phi) is 3.05. The molecule has 0 heterocycles. The average molecular weight is 168 g/mol. The minimum Gasteiger partial charge on any atom is -0.186 e. The molecule has 2 unspecified atom stereocenters. The Bertz CT molecular complexity index is 170. The molecule has 0 aromatic heterocycles. The number of rotatable bonds is 1. The molecule has 2 heteroatoms. The van der Waals surface area contributed by atoms with Crippen molar-refractivity contribution in [2.24, 2.45) is 23.7 Å². The lowest BCUT2D eigenvalue weighted by atomic mass is 9.91. The smallest absolute Gasteiger partial charge is 0.186 e. The van der Waals surface area contributed by atoms with Gasteiger partial charge >= 0.3 is 6.15 Å². The first-order valence-electron chi connectivity index (χ1n) is 4.68. The summed E-state index contributed by atoms with van der Waals surface area (Å²) < 4.78 is 0. The van der Waals surface area contributed by atoms with Gasteiger partial charge in [-0.05, 0) is 42.9 Å². The van der Waals surface area contributed by atoms with Gasteiger partial charge in [-0.3, -0.25) is 0 Å². The third-order valence-corrected chi connectivity index (χ3v) is 3.22. The lowest BCUT2D eigenvalue weighted by Gasteiger charge is -2.14. The maximum Gasteiger partial charge on any atom is 0.373 e. The van der Waals surface area contributed by atoms with Crippen molar-refractivity contribution in [3.8, 4) is 0 Å². The molecular weight excluding hydrogens is 152 g/mol. The van der Waals surface area contributed by atoms with Gasteiger partial charge in [0, 0.05) is 0 Å². The maximum absolute atomic E-state index is 8.12. The molecule has 2 atom stereocenters. The van der Waals surface area contributed by atoms with Crippen LogP contribution in [-0.2, 0) is 9.59 Å². The predicted molar refractivity (Wildman–Crippen MR) is 44.2 cm³/mol. The molecule has 68 valence electrons. The van der Waals surface area contributed by atoms with Gasteiger partial charge in [0.2, 0.25) is 0 Å². The van der Waals surface area contributed by atoms with Gasteiger partial charge < -0.3 is 0 Å². The van der Waals surface area contributed by atoms with E-state index >= 15 is 0 Å². The molecule has 0 bridgehead atoms. The molecule has 2 nitrogen and oxygen atoms in total. The molecule has 0 aliphatic heterocycles. The van der Waals surface area contributed by atoms with Gasteiger partial charge in [-0.2, -0.15) is 9.59 Å². The fourth-order valence-corrected chi connectivity index (χ4v) is 2.31. The second-order valence-corrected chi connectivity index (χ2v) is 4.31. The quantitative estimate of drug-likeness (QED) is 0.601. The highest BCUT2D eigenvalue weighted by molar-refractivity contribution is 5.20. The summed E-state index contributed by atoms with van der Waals surface area (Å²) in [6, 6.07) is 0.